The van der Waals surface area contributed by atoms with E-state index in [9.17, 15) is 0 Å². The van der Waals surface area contributed by atoms with Gasteiger partial charge < -0.3 is 27.3 Å². The Balaban J connectivity index is 0.0000000886. The largest absolute Gasteiger partial charge is 0.456 e. The van der Waals surface area contributed by atoms with Gasteiger partial charge in [-0.1, -0.05) is 394 Å². The summed E-state index contributed by atoms with van der Waals surface area (Å²) in [6.07, 6.45) is 0. The molecule has 0 atom stereocenters. The molecule has 0 unspecified atom stereocenters. The van der Waals surface area contributed by atoms with Gasteiger partial charge in [0.15, 0.2) is 0 Å². The highest BCUT2D eigenvalue weighted by Gasteiger charge is 2.52. The second-order valence-corrected chi connectivity index (χ2v) is 41.2. The lowest BCUT2D eigenvalue weighted by Crippen LogP contribution is -2.25. The number of thiophene rings is 1. The first kappa shape index (κ1) is 84.0. The summed E-state index contributed by atoms with van der Waals surface area (Å²) in [6.45, 7) is 0. The SMILES string of the molecule is c1ccc(-n2c3ccc4c(c3c3ccc5ccccc5c32)-c2ccccc2C42c3ccccc3-c3ccccc32)cc1.c1ccc(-n2c3ccc4ccccc4c3c3c4c5ccc6ccccc6c5n(-c5ccccc5)c4ccc32)cc1.c1ccc2cc(-n3c4ccc5ccccc5c4c4c5c(ccc43)sc3ccccc35)ccc2c1.c1ccc2cc3c(cc2c1)c1c2c(ccc1n3-c1cccc3ccccc13)oc1ccccc12. The Labute approximate surface area is 864 Å². The van der Waals surface area contributed by atoms with Gasteiger partial charge >= 0.3 is 0 Å². The van der Waals surface area contributed by atoms with Crippen LogP contribution in [0.3, 0.4) is 0 Å². The van der Waals surface area contributed by atoms with Crippen LogP contribution in [0.2, 0.25) is 0 Å². The molecule has 35 rings (SSSR count). The third-order valence-electron chi connectivity index (χ3n) is 32.5. The number of para-hydroxylation sites is 4. The summed E-state index contributed by atoms with van der Waals surface area (Å²) in [7, 11) is 0. The van der Waals surface area contributed by atoms with E-state index in [-0.39, 0.29) is 5.41 Å². The van der Waals surface area contributed by atoms with E-state index in [4.69, 9.17) is 4.42 Å². The fourth-order valence-corrected chi connectivity index (χ4v) is 27.6. The van der Waals surface area contributed by atoms with Crippen molar-refractivity contribution in [2.45, 2.75) is 5.41 Å². The number of nitrogens with zero attached hydrogens (tertiary/aromatic N) is 5. The van der Waals surface area contributed by atoms with E-state index in [1.54, 1.807) is 0 Å². The van der Waals surface area contributed by atoms with Gasteiger partial charge in [0, 0.05) is 124 Å². The minimum Gasteiger partial charge on any atom is -0.456 e. The summed E-state index contributed by atoms with van der Waals surface area (Å²) < 4.78 is 21.2. The van der Waals surface area contributed by atoms with Gasteiger partial charge in [-0.2, -0.15) is 0 Å². The molecule has 0 amide bonds. The smallest absolute Gasteiger partial charge is 0.136 e. The van der Waals surface area contributed by atoms with Crippen molar-refractivity contribution in [1.82, 2.24) is 22.8 Å². The molecule has 26 aromatic carbocycles. The van der Waals surface area contributed by atoms with Crippen LogP contribution in [-0.2, 0) is 5.41 Å². The molecule has 696 valence electrons. The maximum absolute atomic E-state index is 6.27. The second-order valence-electron chi connectivity index (χ2n) is 40.1. The Morgan fingerprint density at radius 3 is 1.16 bits per heavy atom. The number of aromatic nitrogens is 5. The topological polar surface area (TPSA) is 37.8 Å². The Morgan fingerprint density at radius 2 is 0.547 bits per heavy atom. The molecule has 2 aliphatic carbocycles. The minimum atomic E-state index is -0.342. The van der Waals surface area contributed by atoms with E-state index < -0.39 is 0 Å². The Kier molecular flexibility index (Phi) is 18.4. The molecule has 0 radical (unpaired) electrons. The van der Waals surface area contributed by atoms with E-state index in [0.717, 1.165) is 16.6 Å². The summed E-state index contributed by atoms with van der Waals surface area (Å²) >= 11 is 1.89. The van der Waals surface area contributed by atoms with Gasteiger partial charge in [0.1, 0.15) is 11.2 Å². The normalized spacial score (nSPS) is 12.6. The van der Waals surface area contributed by atoms with Crippen LogP contribution < -0.4 is 0 Å². The average Bonchev–Trinajstić information content (AvgIpc) is 1.50. The predicted octanol–water partition coefficient (Wildman–Crippen LogP) is 38.9. The third-order valence-corrected chi connectivity index (χ3v) is 33.7. The summed E-state index contributed by atoms with van der Waals surface area (Å²) in [6, 6.07) is 193. The van der Waals surface area contributed by atoms with Crippen LogP contribution in [0, 0.1) is 0 Å². The zero-order valence-corrected chi connectivity index (χ0v) is 82.1. The second kappa shape index (κ2) is 32.8. The highest BCUT2D eigenvalue weighted by molar-refractivity contribution is 7.26. The molecule has 0 fully saturated rings. The molecule has 2 aliphatic rings. The number of furan rings is 1. The fraction of sp³-hybridized carbons (Fsp3) is 0.00699. The molecular formula is C143H87N5OS. The van der Waals surface area contributed by atoms with Gasteiger partial charge in [-0.25, -0.2) is 0 Å². The van der Waals surface area contributed by atoms with Crippen molar-refractivity contribution in [3.63, 3.8) is 0 Å². The van der Waals surface area contributed by atoms with Crippen LogP contribution in [0.1, 0.15) is 22.3 Å². The van der Waals surface area contributed by atoms with Gasteiger partial charge in [0.25, 0.3) is 0 Å². The number of fused-ring (bicyclic) bond motifs is 46. The zero-order valence-electron chi connectivity index (χ0n) is 81.3. The van der Waals surface area contributed by atoms with Crippen LogP contribution in [0.4, 0.5) is 0 Å². The molecule has 7 heterocycles. The maximum atomic E-state index is 6.27. The van der Waals surface area contributed by atoms with Crippen molar-refractivity contribution in [3.8, 4) is 50.7 Å². The van der Waals surface area contributed by atoms with Gasteiger partial charge in [-0.3, -0.25) is 0 Å². The van der Waals surface area contributed by atoms with Gasteiger partial charge in [-0.05, 0) is 237 Å². The Hall–Kier alpha value is -19.4. The molecule has 0 bridgehead atoms. The summed E-state index contributed by atoms with van der Waals surface area (Å²) in [5, 5.41) is 35.8. The van der Waals surface area contributed by atoms with Crippen molar-refractivity contribution in [3.05, 3.63) is 550 Å². The van der Waals surface area contributed by atoms with Crippen LogP contribution in [0.5, 0.6) is 0 Å². The molecule has 0 saturated heterocycles. The first-order valence-electron chi connectivity index (χ1n) is 51.8. The Morgan fingerprint density at radius 1 is 0.167 bits per heavy atom. The molecular weight excluding hydrogens is 1840 g/mol. The molecule has 0 saturated carbocycles. The van der Waals surface area contributed by atoms with Crippen molar-refractivity contribution in [2.24, 2.45) is 0 Å². The van der Waals surface area contributed by atoms with Gasteiger partial charge in [0.2, 0.25) is 0 Å². The van der Waals surface area contributed by atoms with E-state index in [2.05, 4.69) is 545 Å². The quantitative estimate of drug-likeness (QED) is 0.169. The summed E-state index contributed by atoms with van der Waals surface area (Å²) in [5.74, 6) is 0. The van der Waals surface area contributed by atoms with Crippen LogP contribution in [-0.4, -0.2) is 22.8 Å². The van der Waals surface area contributed by atoms with E-state index in [1.165, 1.54) is 283 Å². The molecule has 7 heteroatoms. The Bertz CT molecular complexity index is 11500. The lowest BCUT2D eigenvalue weighted by Gasteiger charge is -2.30. The number of rotatable bonds is 5. The fourth-order valence-electron chi connectivity index (χ4n) is 26.5. The van der Waals surface area contributed by atoms with E-state index in [0.29, 0.717) is 0 Å². The van der Waals surface area contributed by atoms with Crippen molar-refractivity contribution in [1.29, 1.82) is 0 Å². The number of benzene rings is 26. The van der Waals surface area contributed by atoms with E-state index in [1.807, 2.05) is 17.4 Å². The van der Waals surface area contributed by atoms with Crippen LogP contribution >= 0.6 is 11.3 Å². The molecule has 0 N–H and O–H groups in total. The molecule has 0 aliphatic heterocycles. The van der Waals surface area contributed by atoms with Gasteiger partial charge in [-0.15, -0.1) is 11.3 Å². The van der Waals surface area contributed by atoms with Crippen LogP contribution in [0.15, 0.2) is 532 Å². The van der Waals surface area contributed by atoms with Crippen molar-refractivity contribution >= 4 is 238 Å². The highest BCUT2D eigenvalue weighted by atomic mass is 32.1. The van der Waals surface area contributed by atoms with Crippen molar-refractivity contribution < 1.29 is 4.42 Å². The minimum absolute atomic E-state index is 0.342. The van der Waals surface area contributed by atoms with Crippen LogP contribution in [0.25, 0.3) is 277 Å². The molecule has 1 spiro atoms. The zero-order chi connectivity index (χ0) is 98.1. The van der Waals surface area contributed by atoms with E-state index >= 15 is 0 Å². The van der Waals surface area contributed by atoms with Gasteiger partial charge in [0.05, 0.1) is 66.3 Å². The first-order valence-corrected chi connectivity index (χ1v) is 52.6. The monoisotopic (exact) mass is 1920 g/mol. The third kappa shape index (κ3) is 12.1. The number of hydrogen-bond donors (Lipinski definition) is 0. The number of hydrogen-bond acceptors (Lipinski definition) is 2. The van der Waals surface area contributed by atoms with Crippen molar-refractivity contribution in [2.75, 3.05) is 0 Å². The molecule has 6 nitrogen and oxygen atoms in total. The lowest BCUT2D eigenvalue weighted by atomic mass is 9.70. The highest BCUT2D eigenvalue weighted by Crippen LogP contribution is 2.65. The maximum Gasteiger partial charge on any atom is 0.136 e. The molecule has 150 heavy (non-hydrogen) atoms. The predicted molar refractivity (Wildman–Crippen MR) is 636 cm³/mol. The molecule has 33 aromatic rings. The molecule has 7 aromatic heterocycles. The summed E-state index contributed by atoms with van der Waals surface area (Å²) in [5.41, 5.74) is 30.8. The summed E-state index contributed by atoms with van der Waals surface area (Å²) in [4.78, 5) is 0. The standard InChI is InChI=1S/C41H25N.C38H24N2.C32H19NO.C32H19NS/c1-2-13-27(14-3-1)42-37-25-24-36-38(39(37)32-23-22-26-12-4-5-15-28(26)40(32)42)31-18-8-11-21-35(31)41(36)33-19-9-6-16-29(33)30-17-7-10-20-34(30)41;1-3-13-27(14-4-1)39-32-22-20-25-11-7-9-17-29(25)35(32)37-34(39)24-23-33-36(37)31-21-19-26-12-8-10-18-30(26)38(31)40(33)28-15-5-2-6-16-28;1-2-10-22-19-28-25(18-21(22)9-1)31-27(16-17-30-32(31)24-13-5-6-15-29(24)34-30)33(28)26-14-7-11-20-8-3-4-12-23(20)26;1-2-9-22-19-23(15-13-20(22)7-1)33-26-16-14-21-8-3-4-10-24(21)30(26)32-27(33)17-18-29-31(32)25-11-5-6-12-28(25)34-29/h1-25H;1-24H;2*1-19H. The lowest BCUT2D eigenvalue weighted by molar-refractivity contribution is 0.669. The average molecular weight is 1920 g/mol. The first-order chi connectivity index (χ1) is 74.5.